The Morgan fingerprint density at radius 1 is 1.16 bits per heavy atom. The zero-order valence-corrected chi connectivity index (χ0v) is 26.7. The number of carbonyl (C=O) groups is 1. The van der Waals surface area contributed by atoms with E-state index in [2.05, 4.69) is 45.8 Å². The van der Waals surface area contributed by atoms with Crippen molar-refractivity contribution in [2.75, 3.05) is 60.4 Å². The van der Waals surface area contributed by atoms with Crippen LogP contribution < -0.4 is 15.1 Å². The van der Waals surface area contributed by atoms with Gasteiger partial charge in [0.05, 0.1) is 24.4 Å². The summed E-state index contributed by atoms with van der Waals surface area (Å²) in [5, 5.41) is 5.19. The number of rotatable bonds is 9. The van der Waals surface area contributed by atoms with Crippen LogP contribution in [0.15, 0.2) is 49.3 Å². The van der Waals surface area contributed by atoms with Crippen molar-refractivity contribution < 1.29 is 22.3 Å². The number of hydrogen-bond acceptors (Lipinski definition) is 10. The van der Waals surface area contributed by atoms with Gasteiger partial charge in [-0.3, -0.25) is 4.79 Å². The number of nitrogens with zero attached hydrogens (tertiary/aromatic N) is 6. The molecule has 0 saturated carbocycles. The minimum atomic E-state index is -3.08. The number of fused-ring (bicyclic) bond motifs is 1. The third-order valence-electron chi connectivity index (χ3n) is 9.38. The summed E-state index contributed by atoms with van der Waals surface area (Å²) in [5.41, 5.74) is 2.00. The van der Waals surface area contributed by atoms with E-state index in [1.807, 2.05) is 22.1 Å². The fourth-order valence-electron chi connectivity index (χ4n) is 6.95. The monoisotopic (exact) mass is 637 g/mol. The van der Waals surface area contributed by atoms with Crippen LogP contribution in [0.5, 0.6) is 0 Å². The standard InChI is InChI=1S/C32H40FN7O4S/c1-5-31(41)39-13-6-7-26(39)22-8-9-27(40-17-21(20(40)2)19-45(4,42)43)24-16-35-30(15-23(22)24)36-29-10-12-34-32(37-29)38-14-11-28(44-3)25(33)18-38/h5,8-10,12,15-16,20-21,25-26,28H,1,6-7,11,13-14,17-19H2,2-4H3,(H,34,35,36,37)/t20-,21-,25-,26-,28+/m1/s1. The van der Waals surface area contributed by atoms with E-state index in [-0.39, 0.29) is 36.2 Å². The first kappa shape index (κ1) is 31.2. The highest BCUT2D eigenvalue weighted by Crippen LogP contribution is 2.42. The van der Waals surface area contributed by atoms with E-state index in [1.54, 1.807) is 12.3 Å². The molecule has 13 heteroatoms. The van der Waals surface area contributed by atoms with Crippen molar-refractivity contribution in [2.45, 2.75) is 50.5 Å². The van der Waals surface area contributed by atoms with Crippen LogP contribution in [0.3, 0.4) is 0 Å². The van der Waals surface area contributed by atoms with E-state index in [0.29, 0.717) is 43.6 Å². The van der Waals surface area contributed by atoms with E-state index in [4.69, 9.17) is 9.72 Å². The van der Waals surface area contributed by atoms with Crippen LogP contribution in [0.1, 0.15) is 37.8 Å². The number of hydrogen-bond donors (Lipinski definition) is 1. The topological polar surface area (TPSA) is 121 Å². The number of nitrogens with one attached hydrogen (secondary N) is 1. The molecule has 240 valence electrons. The summed E-state index contributed by atoms with van der Waals surface area (Å²) in [6, 6.07) is 7.81. The number of amides is 1. The molecule has 3 fully saturated rings. The molecule has 0 spiro atoms. The molecule has 5 heterocycles. The van der Waals surface area contributed by atoms with E-state index < -0.39 is 22.1 Å². The molecule has 1 aromatic carbocycles. The molecule has 11 nitrogen and oxygen atoms in total. The van der Waals surface area contributed by atoms with Crippen molar-refractivity contribution in [2.24, 2.45) is 5.92 Å². The number of likely N-dealkylation sites (tertiary alicyclic amines) is 1. The molecule has 2 aromatic heterocycles. The van der Waals surface area contributed by atoms with Crippen LogP contribution in [0.2, 0.25) is 0 Å². The molecule has 0 aliphatic carbocycles. The number of alkyl halides is 1. The molecule has 0 unspecified atom stereocenters. The van der Waals surface area contributed by atoms with E-state index >= 15 is 0 Å². The molecule has 0 bridgehead atoms. The van der Waals surface area contributed by atoms with Crippen molar-refractivity contribution in [3.05, 3.63) is 54.9 Å². The van der Waals surface area contributed by atoms with Crippen LogP contribution in [0.25, 0.3) is 10.8 Å². The lowest BCUT2D eigenvalue weighted by atomic mass is 9.89. The van der Waals surface area contributed by atoms with Gasteiger partial charge in [-0.05, 0) is 61.4 Å². The van der Waals surface area contributed by atoms with Crippen LogP contribution in [-0.2, 0) is 19.4 Å². The van der Waals surface area contributed by atoms with Gasteiger partial charge in [0.2, 0.25) is 11.9 Å². The van der Waals surface area contributed by atoms with E-state index in [9.17, 15) is 17.6 Å². The number of anilines is 4. The zero-order chi connectivity index (χ0) is 31.9. The Kier molecular flexibility index (Phi) is 8.66. The Hall–Kier alpha value is -3.84. The maximum absolute atomic E-state index is 14.6. The number of carbonyl (C=O) groups excluding carboxylic acids is 1. The number of piperidine rings is 1. The lowest BCUT2D eigenvalue weighted by molar-refractivity contribution is -0.126. The van der Waals surface area contributed by atoms with Gasteiger partial charge in [0.1, 0.15) is 27.6 Å². The first-order valence-electron chi connectivity index (χ1n) is 15.4. The van der Waals surface area contributed by atoms with Gasteiger partial charge in [-0.2, -0.15) is 4.98 Å². The van der Waals surface area contributed by atoms with Crippen LogP contribution in [0.4, 0.5) is 27.7 Å². The van der Waals surface area contributed by atoms with Crippen LogP contribution >= 0.6 is 0 Å². The highest BCUT2D eigenvalue weighted by atomic mass is 32.2. The molecular weight excluding hydrogens is 597 g/mol. The quantitative estimate of drug-likeness (QED) is 0.344. The number of pyridine rings is 1. The number of halogens is 1. The third kappa shape index (κ3) is 6.32. The van der Waals surface area contributed by atoms with E-state index in [1.165, 1.54) is 19.4 Å². The van der Waals surface area contributed by atoms with Gasteiger partial charge in [-0.15, -0.1) is 0 Å². The predicted octanol–water partition coefficient (Wildman–Crippen LogP) is 4.05. The lowest BCUT2D eigenvalue weighted by Gasteiger charge is -2.48. The molecule has 3 aromatic rings. The summed E-state index contributed by atoms with van der Waals surface area (Å²) in [5.74, 6) is 1.64. The number of sulfone groups is 1. The summed E-state index contributed by atoms with van der Waals surface area (Å²) >= 11 is 0. The summed E-state index contributed by atoms with van der Waals surface area (Å²) < 4.78 is 43.8. The average molecular weight is 638 g/mol. The molecule has 45 heavy (non-hydrogen) atoms. The second-order valence-electron chi connectivity index (χ2n) is 12.3. The molecule has 1 N–H and O–H groups in total. The Balaban J connectivity index is 1.33. The highest BCUT2D eigenvalue weighted by molar-refractivity contribution is 7.90. The summed E-state index contributed by atoms with van der Waals surface area (Å²) in [4.78, 5) is 32.4. The number of benzene rings is 1. The van der Waals surface area contributed by atoms with Crippen molar-refractivity contribution in [3.63, 3.8) is 0 Å². The Bertz CT molecular complexity index is 1710. The zero-order valence-electron chi connectivity index (χ0n) is 25.9. The highest BCUT2D eigenvalue weighted by Gasteiger charge is 2.39. The Labute approximate surface area is 263 Å². The summed E-state index contributed by atoms with van der Waals surface area (Å²) in [6.07, 6.45) is 6.84. The van der Waals surface area contributed by atoms with Crippen LogP contribution in [-0.4, -0.2) is 97.8 Å². The van der Waals surface area contributed by atoms with Gasteiger partial charge in [0.25, 0.3) is 0 Å². The van der Waals surface area contributed by atoms with Gasteiger partial charge in [-0.25, -0.2) is 22.8 Å². The first-order chi connectivity index (χ1) is 21.6. The maximum atomic E-state index is 14.6. The molecule has 3 saturated heterocycles. The molecule has 5 atom stereocenters. The minimum absolute atomic E-state index is 0.0502. The molecule has 0 radical (unpaired) electrons. The van der Waals surface area contributed by atoms with Gasteiger partial charge in [0.15, 0.2) is 0 Å². The summed E-state index contributed by atoms with van der Waals surface area (Å²) in [6.45, 7) is 7.80. The summed E-state index contributed by atoms with van der Waals surface area (Å²) in [7, 11) is -1.55. The van der Waals surface area contributed by atoms with Gasteiger partial charge in [0, 0.05) is 68.4 Å². The Morgan fingerprint density at radius 3 is 2.69 bits per heavy atom. The second-order valence-corrected chi connectivity index (χ2v) is 14.5. The number of ether oxygens (including phenoxy) is 1. The SMILES string of the molecule is C=CC(=O)N1CCC[C@@H]1c1ccc(N2C[C@H](CS(C)(=O)=O)[C@H]2C)c2cnc(Nc3ccnc(N4CC[C@H](OC)[C@H](F)C4)n3)cc12. The Morgan fingerprint density at radius 2 is 1.98 bits per heavy atom. The second kappa shape index (κ2) is 12.5. The van der Waals surface area contributed by atoms with Crippen molar-refractivity contribution in [1.82, 2.24) is 19.9 Å². The smallest absolute Gasteiger partial charge is 0.246 e. The lowest BCUT2D eigenvalue weighted by Crippen LogP contribution is -2.57. The third-order valence-corrected chi connectivity index (χ3v) is 10.4. The largest absolute Gasteiger partial charge is 0.378 e. The average Bonchev–Trinajstić information content (AvgIpc) is 3.51. The number of aromatic nitrogens is 3. The van der Waals surface area contributed by atoms with Crippen LogP contribution in [0, 0.1) is 5.92 Å². The normalized spacial score (nSPS) is 25.3. The maximum Gasteiger partial charge on any atom is 0.246 e. The minimum Gasteiger partial charge on any atom is -0.378 e. The fourth-order valence-corrected chi connectivity index (χ4v) is 8.11. The van der Waals surface area contributed by atoms with Gasteiger partial charge >= 0.3 is 0 Å². The first-order valence-corrected chi connectivity index (χ1v) is 17.4. The van der Waals surface area contributed by atoms with Crippen molar-refractivity contribution >= 4 is 49.8 Å². The van der Waals surface area contributed by atoms with E-state index in [0.717, 1.165) is 34.9 Å². The predicted molar refractivity (Wildman–Crippen MR) is 173 cm³/mol. The molecule has 3 aliphatic heterocycles. The van der Waals surface area contributed by atoms with Gasteiger partial charge in [-0.1, -0.05) is 12.6 Å². The fraction of sp³-hybridized carbons (Fsp3) is 0.500. The molecule has 3 aliphatic rings. The molecule has 1 amide bonds. The van der Waals surface area contributed by atoms with Crippen molar-refractivity contribution in [3.8, 4) is 0 Å². The molecular formula is C32H40FN7O4S. The molecule has 6 rings (SSSR count). The number of methoxy groups -OCH3 is 1. The van der Waals surface area contributed by atoms with Gasteiger partial charge < -0.3 is 24.8 Å². The van der Waals surface area contributed by atoms with Crippen molar-refractivity contribution in [1.29, 1.82) is 0 Å².